The van der Waals surface area contributed by atoms with Gasteiger partial charge in [-0.15, -0.1) is 0 Å². The normalized spacial score (nSPS) is 11.7. The third-order valence-electron chi connectivity index (χ3n) is 5.15. The maximum atomic E-state index is 13.2. The molecule has 0 saturated heterocycles. The van der Waals surface area contributed by atoms with Gasteiger partial charge in [-0.2, -0.15) is 0 Å². The number of ether oxygens (including phenoxy) is 1. The Balaban J connectivity index is 1.67. The zero-order valence-electron chi connectivity index (χ0n) is 18.7. The minimum Gasteiger partial charge on any atom is -0.379 e. The fourth-order valence-electron chi connectivity index (χ4n) is 3.54. The fourth-order valence-corrected chi connectivity index (χ4v) is 4.63. The second-order valence-corrected chi connectivity index (χ2v) is 9.42. The summed E-state index contributed by atoms with van der Waals surface area (Å²) in [6.07, 6.45) is 2.52. The summed E-state index contributed by atoms with van der Waals surface area (Å²) >= 11 is 7.52. The number of pyridine rings is 1. The van der Waals surface area contributed by atoms with Crippen molar-refractivity contribution in [2.45, 2.75) is 50.8 Å². The molecule has 0 saturated carbocycles. The lowest BCUT2D eigenvalue weighted by Crippen LogP contribution is -2.24. The van der Waals surface area contributed by atoms with Crippen molar-refractivity contribution in [3.63, 3.8) is 0 Å². The van der Waals surface area contributed by atoms with Gasteiger partial charge in [0.2, 0.25) is 0 Å². The quantitative estimate of drug-likeness (QED) is 0.208. The number of aromatic nitrogens is 4. The molecular weight excluding hydrogens is 460 g/mol. The lowest BCUT2D eigenvalue weighted by molar-refractivity contribution is 0.0743. The largest absolute Gasteiger partial charge is 0.379 e. The van der Waals surface area contributed by atoms with Crippen LogP contribution in [0, 0.1) is 6.92 Å². The third-order valence-corrected chi connectivity index (χ3v) is 6.39. The zero-order valence-corrected chi connectivity index (χ0v) is 20.3. The van der Waals surface area contributed by atoms with Crippen molar-refractivity contribution in [1.82, 2.24) is 18.9 Å². The highest BCUT2D eigenvalue weighted by Crippen LogP contribution is 2.23. The molecule has 0 aliphatic carbocycles. The van der Waals surface area contributed by atoms with E-state index in [1.165, 1.54) is 22.2 Å². The van der Waals surface area contributed by atoms with Crippen molar-refractivity contribution in [2.24, 2.45) is 0 Å². The summed E-state index contributed by atoms with van der Waals surface area (Å²) in [7, 11) is 0. The average molecular weight is 485 g/mol. The van der Waals surface area contributed by atoms with Gasteiger partial charge in [0.05, 0.1) is 22.7 Å². The van der Waals surface area contributed by atoms with Crippen LogP contribution in [0.5, 0.6) is 0 Å². The Morgan fingerprint density at radius 1 is 1.15 bits per heavy atom. The fraction of sp³-hybridized carbons (Fsp3) is 0.333. The molecule has 0 bridgehead atoms. The molecule has 3 heterocycles. The van der Waals surface area contributed by atoms with Crippen LogP contribution in [0.3, 0.4) is 0 Å². The molecule has 0 unspecified atom stereocenters. The van der Waals surface area contributed by atoms with E-state index in [1.54, 1.807) is 29.0 Å². The first-order valence-corrected chi connectivity index (χ1v) is 12.1. The summed E-state index contributed by atoms with van der Waals surface area (Å²) in [5.41, 5.74) is 2.47. The Labute approximate surface area is 200 Å². The number of hydrogen-bond donors (Lipinski definition) is 0. The van der Waals surface area contributed by atoms with Crippen LogP contribution in [-0.2, 0) is 17.0 Å². The topological polar surface area (TPSA) is 78.5 Å². The molecule has 172 valence electrons. The predicted octanol–water partition coefficient (Wildman–Crippen LogP) is 4.47. The second-order valence-electron chi connectivity index (χ2n) is 8.04. The molecule has 9 heteroatoms. The van der Waals surface area contributed by atoms with Crippen LogP contribution >= 0.6 is 23.4 Å². The molecule has 4 rings (SSSR count). The van der Waals surface area contributed by atoms with E-state index in [9.17, 15) is 9.59 Å². The molecule has 1 aromatic carbocycles. The Morgan fingerprint density at radius 3 is 2.76 bits per heavy atom. The van der Waals surface area contributed by atoms with E-state index in [0.717, 1.165) is 5.56 Å². The predicted molar refractivity (Wildman–Crippen MR) is 132 cm³/mol. The number of aryl methyl sites for hydroxylation is 1. The molecule has 0 aliphatic heterocycles. The third kappa shape index (κ3) is 5.29. The summed E-state index contributed by atoms with van der Waals surface area (Å²) in [6.45, 7) is 6.91. The van der Waals surface area contributed by atoms with Crippen LogP contribution in [0.2, 0.25) is 5.02 Å². The van der Waals surface area contributed by atoms with Gasteiger partial charge in [-0.1, -0.05) is 29.4 Å². The van der Waals surface area contributed by atoms with Gasteiger partial charge < -0.3 is 4.74 Å². The highest BCUT2D eigenvalue weighted by Gasteiger charge is 2.14. The molecule has 33 heavy (non-hydrogen) atoms. The Kier molecular flexibility index (Phi) is 7.17. The molecule has 0 aliphatic rings. The minimum atomic E-state index is -0.138. The average Bonchev–Trinajstić information content (AvgIpc) is 2.77. The van der Waals surface area contributed by atoms with Crippen molar-refractivity contribution in [3.05, 3.63) is 79.6 Å². The molecule has 4 aromatic rings. The van der Waals surface area contributed by atoms with E-state index < -0.39 is 0 Å². The van der Waals surface area contributed by atoms with E-state index in [0.29, 0.717) is 57.7 Å². The monoisotopic (exact) mass is 484 g/mol. The van der Waals surface area contributed by atoms with E-state index >= 15 is 0 Å². The van der Waals surface area contributed by atoms with Crippen molar-refractivity contribution >= 4 is 39.9 Å². The smallest absolute Gasteiger partial charge is 0.262 e. The van der Waals surface area contributed by atoms with Gasteiger partial charge in [0.15, 0.2) is 5.16 Å². The van der Waals surface area contributed by atoms with Gasteiger partial charge in [0.25, 0.3) is 11.1 Å². The molecule has 3 aromatic heterocycles. The van der Waals surface area contributed by atoms with E-state index in [2.05, 4.69) is 4.98 Å². The summed E-state index contributed by atoms with van der Waals surface area (Å²) in [6, 6.07) is 10.4. The lowest BCUT2D eigenvalue weighted by Gasteiger charge is -2.14. The van der Waals surface area contributed by atoms with E-state index in [4.69, 9.17) is 21.3 Å². The van der Waals surface area contributed by atoms with Gasteiger partial charge in [-0.25, -0.2) is 9.97 Å². The number of fused-ring (bicyclic) bond motifs is 2. The number of hydrogen-bond acceptors (Lipinski definition) is 6. The number of thioether (sulfide) groups is 1. The van der Waals surface area contributed by atoms with Crippen molar-refractivity contribution < 1.29 is 4.74 Å². The highest BCUT2D eigenvalue weighted by molar-refractivity contribution is 7.98. The first kappa shape index (κ1) is 23.5. The Bertz CT molecular complexity index is 1430. The summed E-state index contributed by atoms with van der Waals surface area (Å²) in [4.78, 5) is 35.1. The van der Waals surface area contributed by atoms with Crippen LogP contribution in [0.25, 0.3) is 16.6 Å². The van der Waals surface area contributed by atoms with Gasteiger partial charge in [0.1, 0.15) is 5.65 Å². The van der Waals surface area contributed by atoms with Crippen molar-refractivity contribution in [3.8, 4) is 0 Å². The zero-order chi connectivity index (χ0) is 23.5. The lowest BCUT2D eigenvalue weighted by atomic mass is 10.2. The van der Waals surface area contributed by atoms with Gasteiger partial charge in [0, 0.05) is 36.2 Å². The number of benzene rings is 1. The summed E-state index contributed by atoms with van der Waals surface area (Å²) in [5, 5.41) is 1.60. The molecule has 0 radical (unpaired) electrons. The SMILES string of the molecule is Cc1cccn2c(=O)cc(CSc3nc4cc(Cl)ccc4c(=O)n3CCCOC(C)C)nc12. The maximum absolute atomic E-state index is 13.2. The molecule has 0 N–H and O–H groups in total. The number of nitrogens with zero attached hydrogens (tertiary/aromatic N) is 4. The Morgan fingerprint density at radius 2 is 1.97 bits per heavy atom. The number of halogens is 1. The summed E-state index contributed by atoms with van der Waals surface area (Å²) in [5.74, 6) is 0.404. The first-order chi connectivity index (χ1) is 15.8. The van der Waals surface area contributed by atoms with Crippen LogP contribution < -0.4 is 11.1 Å². The molecule has 0 amide bonds. The number of rotatable bonds is 8. The minimum absolute atomic E-state index is 0.119. The van der Waals surface area contributed by atoms with Crippen LogP contribution in [0.1, 0.15) is 31.5 Å². The maximum Gasteiger partial charge on any atom is 0.262 e. The van der Waals surface area contributed by atoms with E-state index in [1.807, 2.05) is 32.9 Å². The van der Waals surface area contributed by atoms with Crippen LogP contribution in [-0.4, -0.2) is 31.6 Å². The van der Waals surface area contributed by atoms with E-state index in [-0.39, 0.29) is 17.2 Å². The van der Waals surface area contributed by atoms with Gasteiger partial charge >= 0.3 is 0 Å². The second kappa shape index (κ2) is 10.1. The first-order valence-electron chi connectivity index (χ1n) is 10.8. The standard InChI is InChI=1S/C24H25ClN4O3S/c1-15(2)32-11-5-10-29-23(31)19-8-7-17(25)12-20(19)27-24(29)33-14-18-13-21(30)28-9-4-6-16(3)22(28)26-18/h4,6-9,12-13,15H,5,10-11,14H2,1-3H3. The molecule has 7 nitrogen and oxygen atoms in total. The highest BCUT2D eigenvalue weighted by atomic mass is 35.5. The van der Waals surface area contributed by atoms with Gasteiger partial charge in [-0.3, -0.25) is 18.6 Å². The summed E-state index contributed by atoms with van der Waals surface area (Å²) < 4.78 is 8.84. The molecular formula is C24H25ClN4O3S. The van der Waals surface area contributed by atoms with Crippen LogP contribution in [0.15, 0.2) is 57.3 Å². The van der Waals surface area contributed by atoms with Crippen molar-refractivity contribution in [1.29, 1.82) is 0 Å². The van der Waals surface area contributed by atoms with Gasteiger partial charge in [-0.05, 0) is 57.0 Å². The molecule has 0 atom stereocenters. The van der Waals surface area contributed by atoms with Crippen molar-refractivity contribution in [2.75, 3.05) is 6.61 Å². The molecule has 0 fully saturated rings. The molecule has 0 spiro atoms. The Hall–Kier alpha value is -2.68. The van der Waals surface area contributed by atoms with Crippen LogP contribution in [0.4, 0.5) is 0 Å².